The lowest BCUT2D eigenvalue weighted by Crippen LogP contribution is -2.31. The Hall–Kier alpha value is -1.60. The molecule has 4 nitrogen and oxygen atoms in total. The number of hydrogen-bond donors (Lipinski definition) is 1. The largest absolute Gasteiger partial charge is 0.378 e. The zero-order valence-electron chi connectivity index (χ0n) is 11.4. The van der Waals surface area contributed by atoms with Crippen molar-refractivity contribution in [1.82, 2.24) is 4.98 Å². The van der Waals surface area contributed by atoms with Crippen molar-refractivity contribution in [2.45, 2.75) is 45.3 Å². The number of anilines is 1. The molecule has 1 aromatic rings. The fourth-order valence-corrected chi connectivity index (χ4v) is 2.94. The van der Waals surface area contributed by atoms with Crippen LogP contribution in [-0.2, 0) is 4.74 Å². The third-order valence-corrected chi connectivity index (χ3v) is 4.00. The van der Waals surface area contributed by atoms with Crippen LogP contribution in [0, 0.1) is 31.1 Å². The minimum atomic E-state index is 0.320. The quantitative estimate of drug-likeness (QED) is 0.904. The van der Waals surface area contributed by atoms with Gasteiger partial charge in [0.1, 0.15) is 6.07 Å². The minimum absolute atomic E-state index is 0.320. The summed E-state index contributed by atoms with van der Waals surface area (Å²) in [5.41, 5.74) is 3.31. The van der Waals surface area contributed by atoms with Gasteiger partial charge >= 0.3 is 0 Å². The average Bonchev–Trinajstić information content (AvgIpc) is 3.10. The number of nitrogens with zero attached hydrogens (tertiary/aromatic N) is 2. The molecule has 1 saturated carbocycles. The summed E-state index contributed by atoms with van der Waals surface area (Å²) in [6.07, 6.45) is 3.90. The molecule has 1 saturated heterocycles. The van der Waals surface area contributed by atoms with Crippen LogP contribution in [0.2, 0.25) is 0 Å². The Balaban J connectivity index is 1.84. The second-order valence-electron chi connectivity index (χ2n) is 5.60. The van der Waals surface area contributed by atoms with Crippen LogP contribution in [0.15, 0.2) is 6.07 Å². The smallest absolute Gasteiger partial charge is 0.103 e. The number of aryl methyl sites for hydroxylation is 2. The van der Waals surface area contributed by atoms with E-state index in [-0.39, 0.29) is 0 Å². The summed E-state index contributed by atoms with van der Waals surface area (Å²) in [5.74, 6) is 0.717. The Bertz CT molecular complexity index is 531. The van der Waals surface area contributed by atoms with E-state index in [2.05, 4.69) is 16.4 Å². The molecular weight excluding hydrogens is 238 g/mol. The first-order valence-electron chi connectivity index (χ1n) is 6.95. The highest BCUT2D eigenvalue weighted by Gasteiger charge is 2.40. The summed E-state index contributed by atoms with van der Waals surface area (Å²) in [5, 5.41) is 12.8. The zero-order chi connectivity index (χ0) is 13.4. The van der Waals surface area contributed by atoms with Gasteiger partial charge in [-0.15, -0.1) is 0 Å². The van der Waals surface area contributed by atoms with E-state index in [0.717, 1.165) is 36.0 Å². The van der Waals surface area contributed by atoms with Gasteiger partial charge in [0.05, 0.1) is 29.1 Å². The van der Waals surface area contributed by atoms with Gasteiger partial charge in [0.2, 0.25) is 0 Å². The summed E-state index contributed by atoms with van der Waals surface area (Å²) >= 11 is 0. The van der Waals surface area contributed by atoms with Crippen LogP contribution in [0.1, 0.15) is 36.2 Å². The molecule has 1 aliphatic heterocycles. The molecule has 2 unspecified atom stereocenters. The first kappa shape index (κ1) is 12.4. The maximum Gasteiger partial charge on any atom is 0.103 e. The molecule has 2 fully saturated rings. The van der Waals surface area contributed by atoms with Gasteiger partial charge in [0.15, 0.2) is 0 Å². The molecular formula is C15H19N3O. The molecule has 4 heteroatoms. The number of aromatic nitrogens is 1. The molecule has 19 heavy (non-hydrogen) atoms. The number of rotatable bonds is 3. The summed E-state index contributed by atoms with van der Waals surface area (Å²) in [6, 6.07) is 4.56. The Morgan fingerprint density at radius 2 is 2.16 bits per heavy atom. The molecule has 0 bridgehead atoms. The second-order valence-corrected chi connectivity index (χ2v) is 5.60. The fraction of sp³-hybridized carbons (Fsp3) is 0.600. The van der Waals surface area contributed by atoms with Gasteiger partial charge in [-0.25, -0.2) is 0 Å². The molecule has 0 aromatic carbocycles. The number of nitrogens with one attached hydrogen (secondary N) is 1. The number of ether oxygens (including phenoxy) is 1. The van der Waals surface area contributed by atoms with Gasteiger partial charge in [-0.2, -0.15) is 5.26 Å². The normalized spacial score (nSPS) is 26.2. The van der Waals surface area contributed by atoms with Crippen LogP contribution in [0.4, 0.5) is 5.69 Å². The minimum Gasteiger partial charge on any atom is -0.378 e. The number of pyridine rings is 1. The second kappa shape index (κ2) is 4.82. The first-order chi connectivity index (χ1) is 9.19. The van der Waals surface area contributed by atoms with Gasteiger partial charge in [0.25, 0.3) is 0 Å². The standard InChI is InChI=1S/C15H19N3O/c1-9-7-14(12(8-16)10(2)17-9)18-13-5-6-19-15(13)11-3-4-11/h7,11,13,15H,3-6H2,1-2H3,(H,17,18). The molecule has 1 N–H and O–H groups in total. The zero-order valence-corrected chi connectivity index (χ0v) is 11.4. The van der Waals surface area contributed by atoms with Crippen LogP contribution < -0.4 is 5.32 Å². The fourth-order valence-electron chi connectivity index (χ4n) is 2.94. The highest BCUT2D eigenvalue weighted by Crippen LogP contribution is 2.39. The summed E-state index contributed by atoms with van der Waals surface area (Å²) in [7, 11) is 0. The lowest BCUT2D eigenvalue weighted by Gasteiger charge is -2.21. The van der Waals surface area contributed by atoms with E-state index in [1.807, 2.05) is 19.9 Å². The maximum atomic E-state index is 9.29. The molecule has 2 atom stereocenters. The van der Waals surface area contributed by atoms with E-state index in [4.69, 9.17) is 4.74 Å². The van der Waals surface area contributed by atoms with Crippen molar-refractivity contribution in [2.75, 3.05) is 11.9 Å². The molecule has 2 heterocycles. The molecule has 1 aliphatic carbocycles. The van der Waals surface area contributed by atoms with Gasteiger partial charge in [-0.05, 0) is 45.1 Å². The molecule has 1 aromatic heterocycles. The number of nitriles is 1. The summed E-state index contributed by atoms with van der Waals surface area (Å²) < 4.78 is 5.83. The monoisotopic (exact) mass is 257 g/mol. The topological polar surface area (TPSA) is 57.9 Å². The van der Waals surface area contributed by atoms with E-state index < -0.39 is 0 Å². The molecule has 0 radical (unpaired) electrons. The average molecular weight is 257 g/mol. The highest BCUT2D eigenvalue weighted by atomic mass is 16.5. The molecule has 3 rings (SSSR count). The Morgan fingerprint density at radius 1 is 1.37 bits per heavy atom. The lowest BCUT2D eigenvalue weighted by molar-refractivity contribution is 0.0898. The van der Waals surface area contributed by atoms with Crippen molar-refractivity contribution < 1.29 is 4.74 Å². The van der Waals surface area contributed by atoms with E-state index in [9.17, 15) is 5.26 Å². The van der Waals surface area contributed by atoms with Crippen LogP contribution in [0.25, 0.3) is 0 Å². The van der Waals surface area contributed by atoms with Gasteiger partial charge < -0.3 is 10.1 Å². The van der Waals surface area contributed by atoms with Gasteiger partial charge in [-0.3, -0.25) is 4.98 Å². The van der Waals surface area contributed by atoms with Crippen molar-refractivity contribution >= 4 is 5.69 Å². The number of hydrogen-bond acceptors (Lipinski definition) is 4. The predicted molar refractivity (Wildman–Crippen MR) is 72.9 cm³/mol. The lowest BCUT2D eigenvalue weighted by atomic mass is 10.0. The Kier molecular flexibility index (Phi) is 3.16. The maximum absolute atomic E-state index is 9.29. The van der Waals surface area contributed by atoms with Crippen molar-refractivity contribution in [3.63, 3.8) is 0 Å². The third kappa shape index (κ3) is 2.43. The van der Waals surface area contributed by atoms with Crippen molar-refractivity contribution in [3.8, 4) is 6.07 Å². The molecule has 2 aliphatic rings. The summed E-state index contributed by atoms with van der Waals surface area (Å²) in [4.78, 5) is 4.35. The third-order valence-electron chi connectivity index (χ3n) is 4.00. The van der Waals surface area contributed by atoms with Crippen LogP contribution in [0.3, 0.4) is 0 Å². The van der Waals surface area contributed by atoms with Crippen LogP contribution >= 0.6 is 0 Å². The van der Waals surface area contributed by atoms with Crippen LogP contribution in [0.5, 0.6) is 0 Å². The van der Waals surface area contributed by atoms with Crippen molar-refractivity contribution in [2.24, 2.45) is 5.92 Å². The summed E-state index contributed by atoms with van der Waals surface area (Å²) in [6.45, 7) is 4.67. The van der Waals surface area contributed by atoms with Gasteiger partial charge in [0, 0.05) is 12.3 Å². The SMILES string of the molecule is Cc1cc(NC2CCOC2C2CC2)c(C#N)c(C)n1. The van der Waals surface area contributed by atoms with Crippen molar-refractivity contribution in [3.05, 3.63) is 23.0 Å². The van der Waals surface area contributed by atoms with E-state index in [1.165, 1.54) is 12.8 Å². The van der Waals surface area contributed by atoms with Crippen LogP contribution in [-0.4, -0.2) is 23.7 Å². The first-order valence-corrected chi connectivity index (χ1v) is 6.95. The highest BCUT2D eigenvalue weighted by molar-refractivity contribution is 5.60. The van der Waals surface area contributed by atoms with Crippen molar-refractivity contribution in [1.29, 1.82) is 5.26 Å². The predicted octanol–water partition coefficient (Wildman–Crippen LogP) is 2.55. The van der Waals surface area contributed by atoms with E-state index in [0.29, 0.717) is 17.7 Å². The molecule has 0 spiro atoms. The van der Waals surface area contributed by atoms with Gasteiger partial charge in [-0.1, -0.05) is 0 Å². The molecule has 0 amide bonds. The van der Waals surface area contributed by atoms with E-state index >= 15 is 0 Å². The van der Waals surface area contributed by atoms with E-state index in [1.54, 1.807) is 0 Å². The Morgan fingerprint density at radius 3 is 2.84 bits per heavy atom. The Labute approximate surface area is 113 Å². The molecule has 100 valence electrons.